The van der Waals surface area contributed by atoms with Gasteiger partial charge >= 0.3 is 0 Å². The second-order valence-electron chi connectivity index (χ2n) is 7.72. The van der Waals surface area contributed by atoms with E-state index < -0.39 is 0 Å². The molecule has 0 bridgehead atoms. The molecule has 132 valence electrons. The lowest BCUT2D eigenvalue weighted by molar-refractivity contribution is -0.136. The molecule has 3 unspecified atom stereocenters. The molecule has 7 heteroatoms. The van der Waals surface area contributed by atoms with E-state index >= 15 is 0 Å². The number of hydrogen-bond donors (Lipinski definition) is 0. The maximum absolute atomic E-state index is 12.8. The zero-order valence-electron chi connectivity index (χ0n) is 14.5. The van der Waals surface area contributed by atoms with Crippen LogP contribution in [-0.2, 0) is 16.1 Å². The van der Waals surface area contributed by atoms with E-state index in [1.165, 1.54) is 22.8 Å². The lowest BCUT2D eigenvalue weighted by Crippen LogP contribution is -2.39. The summed E-state index contributed by atoms with van der Waals surface area (Å²) in [7, 11) is 0. The van der Waals surface area contributed by atoms with E-state index in [0.29, 0.717) is 11.3 Å². The molecule has 3 atom stereocenters. The fourth-order valence-corrected chi connectivity index (χ4v) is 5.18. The highest BCUT2D eigenvalue weighted by atomic mass is 32.1. The molecule has 0 aliphatic carbocycles. The standard InChI is InChI=1S/C17H26N4O2S/c1-12-15(24-19-18-12)9-20-6-4-17(10-20)5-7-21(11-17)16(22)14-3-8-23-13(14)2/h13-14H,3-11H2,1-2H3. The molecule has 4 rings (SSSR count). The van der Waals surface area contributed by atoms with E-state index in [1.54, 1.807) is 0 Å². The predicted molar refractivity (Wildman–Crippen MR) is 91.7 cm³/mol. The number of hydrogen-bond acceptors (Lipinski definition) is 6. The first-order valence-corrected chi connectivity index (χ1v) is 9.74. The van der Waals surface area contributed by atoms with Crippen LogP contribution in [0.25, 0.3) is 0 Å². The number of carbonyl (C=O) groups is 1. The summed E-state index contributed by atoms with van der Waals surface area (Å²) in [6.45, 7) is 9.78. The maximum Gasteiger partial charge on any atom is 0.228 e. The van der Waals surface area contributed by atoms with Gasteiger partial charge in [0.25, 0.3) is 0 Å². The Balaban J connectivity index is 1.36. The number of amides is 1. The average Bonchev–Trinajstić information content (AvgIpc) is 3.32. The number of rotatable bonds is 3. The molecule has 3 aliphatic rings. The number of likely N-dealkylation sites (tertiary alicyclic amines) is 2. The lowest BCUT2D eigenvalue weighted by atomic mass is 9.86. The van der Waals surface area contributed by atoms with Crippen LogP contribution in [0.15, 0.2) is 0 Å². The molecular formula is C17H26N4O2S. The third-order valence-electron chi connectivity index (χ3n) is 6.07. The minimum atomic E-state index is 0.0728. The van der Waals surface area contributed by atoms with Crippen LogP contribution in [0.5, 0.6) is 0 Å². The first-order chi connectivity index (χ1) is 11.6. The number of aromatic nitrogens is 2. The molecule has 0 N–H and O–H groups in total. The number of carbonyl (C=O) groups excluding carboxylic acids is 1. The van der Waals surface area contributed by atoms with E-state index in [4.69, 9.17) is 4.74 Å². The molecule has 0 radical (unpaired) electrons. The van der Waals surface area contributed by atoms with Gasteiger partial charge in [0, 0.05) is 38.2 Å². The van der Waals surface area contributed by atoms with E-state index in [0.717, 1.165) is 57.9 Å². The van der Waals surface area contributed by atoms with E-state index in [2.05, 4.69) is 19.4 Å². The van der Waals surface area contributed by atoms with Gasteiger partial charge in [0.2, 0.25) is 5.91 Å². The van der Waals surface area contributed by atoms with Crippen LogP contribution in [0.1, 0.15) is 36.8 Å². The number of aryl methyl sites for hydroxylation is 1. The molecule has 0 saturated carbocycles. The summed E-state index contributed by atoms with van der Waals surface area (Å²) in [6, 6.07) is 0. The van der Waals surface area contributed by atoms with Crippen molar-refractivity contribution < 1.29 is 9.53 Å². The second kappa shape index (κ2) is 6.35. The van der Waals surface area contributed by atoms with Crippen molar-refractivity contribution in [3.8, 4) is 0 Å². The minimum absolute atomic E-state index is 0.0728. The van der Waals surface area contributed by atoms with E-state index in [9.17, 15) is 4.79 Å². The van der Waals surface area contributed by atoms with Crippen LogP contribution in [0, 0.1) is 18.3 Å². The second-order valence-corrected chi connectivity index (χ2v) is 8.56. The Kier molecular flexibility index (Phi) is 4.34. The molecule has 0 aromatic carbocycles. The smallest absolute Gasteiger partial charge is 0.228 e. The van der Waals surface area contributed by atoms with Crippen molar-refractivity contribution in [2.75, 3.05) is 32.8 Å². The molecule has 6 nitrogen and oxygen atoms in total. The number of nitrogens with zero attached hydrogens (tertiary/aromatic N) is 4. The molecule has 1 aromatic rings. The third-order valence-corrected chi connectivity index (χ3v) is 6.88. The SMILES string of the molecule is Cc1nnsc1CN1CCC2(CCN(C(=O)C3CCOC3C)C2)C1. The Bertz CT molecular complexity index is 621. The first-order valence-electron chi connectivity index (χ1n) is 8.97. The van der Waals surface area contributed by atoms with E-state index in [1.807, 2.05) is 13.8 Å². The van der Waals surface area contributed by atoms with E-state index in [-0.39, 0.29) is 12.0 Å². The summed E-state index contributed by atoms with van der Waals surface area (Å²) in [5.41, 5.74) is 1.35. The fourth-order valence-electron chi connectivity index (χ4n) is 4.51. The van der Waals surface area contributed by atoms with Gasteiger partial charge in [0.05, 0.1) is 22.6 Å². The van der Waals surface area contributed by atoms with Gasteiger partial charge in [-0.2, -0.15) is 0 Å². The van der Waals surface area contributed by atoms with Crippen LogP contribution in [-0.4, -0.2) is 64.2 Å². The molecule has 3 saturated heterocycles. The third kappa shape index (κ3) is 2.97. The van der Waals surface area contributed by atoms with Crippen LogP contribution in [0.3, 0.4) is 0 Å². The Labute approximate surface area is 147 Å². The average molecular weight is 350 g/mol. The van der Waals surface area contributed by atoms with Crippen LogP contribution >= 0.6 is 11.5 Å². The van der Waals surface area contributed by atoms with Gasteiger partial charge in [-0.3, -0.25) is 9.69 Å². The summed E-state index contributed by atoms with van der Waals surface area (Å²) in [4.78, 5) is 18.7. The van der Waals surface area contributed by atoms with Crippen molar-refractivity contribution in [1.29, 1.82) is 0 Å². The Morgan fingerprint density at radius 2 is 2.21 bits per heavy atom. The van der Waals surface area contributed by atoms with Crippen LogP contribution in [0.2, 0.25) is 0 Å². The molecule has 3 fully saturated rings. The predicted octanol–water partition coefficient (Wildman–Crippen LogP) is 1.70. The van der Waals surface area contributed by atoms with Gasteiger partial charge in [-0.1, -0.05) is 4.49 Å². The first kappa shape index (κ1) is 16.4. The summed E-state index contributed by atoms with van der Waals surface area (Å²) in [6.07, 6.45) is 3.29. The van der Waals surface area contributed by atoms with Crippen molar-refractivity contribution in [3.63, 3.8) is 0 Å². The van der Waals surface area contributed by atoms with Crippen LogP contribution < -0.4 is 0 Å². The lowest BCUT2D eigenvalue weighted by Gasteiger charge is -2.26. The molecule has 4 heterocycles. The Morgan fingerprint density at radius 1 is 1.38 bits per heavy atom. The minimum Gasteiger partial charge on any atom is -0.378 e. The summed E-state index contributed by atoms with van der Waals surface area (Å²) in [5, 5.41) is 4.11. The van der Waals surface area contributed by atoms with Gasteiger partial charge in [-0.25, -0.2) is 0 Å². The topological polar surface area (TPSA) is 58.6 Å². The highest BCUT2D eigenvalue weighted by Crippen LogP contribution is 2.41. The highest BCUT2D eigenvalue weighted by molar-refractivity contribution is 7.05. The van der Waals surface area contributed by atoms with Gasteiger partial charge in [-0.05, 0) is 51.2 Å². The van der Waals surface area contributed by atoms with Gasteiger partial charge < -0.3 is 9.64 Å². The monoisotopic (exact) mass is 350 g/mol. The summed E-state index contributed by atoms with van der Waals surface area (Å²) < 4.78 is 9.62. The summed E-state index contributed by atoms with van der Waals surface area (Å²) >= 11 is 1.51. The van der Waals surface area contributed by atoms with Gasteiger partial charge in [0.1, 0.15) is 0 Å². The van der Waals surface area contributed by atoms with Crippen molar-refractivity contribution in [2.45, 2.75) is 45.8 Å². The quantitative estimate of drug-likeness (QED) is 0.830. The van der Waals surface area contributed by atoms with Crippen molar-refractivity contribution >= 4 is 17.4 Å². The van der Waals surface area contributed by atoms with Crippen molar-refractivity contribution in [3.05, 3.63) is 10.6 Å². The highest BCUT2D eigenvalue weighted by Gasteiger charge is 2.46. The molecule has 1 aromatic heterocycles. The molecule has 1 amide bonds. The maximum atomic E-state index is 12.8. The Hall–Kier alpha value is -1.05. The van der Waals surface area contributed by atoms with Crippen molar-refractivity contribution in [2.24, 2.45) is 11.3 Å². The zero-order chi connectivity index (χ0) is 16.7. The van der Waals surface area contributed by atoms with Gasteiger partial charge in [0.15, 0.2) is 0 Å². The fraction of sp³-hybridized carbons (Fsp3) is 0.824. The molecular weight excluding hydrogens is 324 g/mol. The molecule has 24 heavy (non-hydrogen) atoms. The zero-order valence-corrected chi connectivity index (χ0v) is 15.3. The van der Waals surface area contributed by atoms with Gasteiger partial charge in [-0.15, -0.1) is 5.10 Å². The molecule has 3 aliphatic heterocycles. The van der Waals surface area contributed by atoms with Crippen molar-refractivity contribution in [1.82, 2.24) is 19.4 Å². The molecule has 1 spiro atoms. The summed E-state index contributed by atoms with van der Waals surface area (Å²) in [5.74, 6) is 0.390. The normalized spacial score (nSPS) is 33.8. The van der Waals surface area contributed by atoms with Crippen LogP contribution in [0.4, 0.5) is 0 Å². The Morgan fingerprint density at radius 3 is 2.92 bits per heavy atom. The number of ether oxygens (including phenoxy) is 1. The largest absolute Gasteiger partial charge is 0.378 e.